The predicted octanol–water partition coefficient (Wildman–Crippen LogP) is 2.27. The molecule has 1 saturated heterocycles. The summed E-state index contributed by atoms with van der Waals surface area (Å²) in [7, 11) is 0. The lowest BCUT2D eigenvalue weighted by molar-refractivity contribution is 0.106. The third kappa shape index (κ3) is 3.14. The lowest BCUT2D eigenvalue weighted by Crippen LogP contribution is -2.29. The maximum Gasteiger partial charge on any atom is 0.156 e. The lowest BCUT2D eigenvalue weighted by Gasteiger charge is -2.15. The number of ether oxygens (including phenoxy) is 1. The van der Waals surface area contributed by atoms with E-state index < -0.39 is 0 Å². The van der Waals surface area contributed by atoms with Crippen LogP contribution in [0.2, 0.25) is 0 Å². The van der Waals surface area contributed by atoms with Crippen LogP contribution < -0.4 is 5.32 Å². The topological polar surface area (TPSA) is 33.6 Å². The van der Waals surface area contributed by atoms with E-state index >= 15 is 0 Å². The Bertz CT molecular complexity index is 257. The Balaban J connectivity index is 1.67. The Labute approximate surface area is 102 Å². The van der Waals surface area contributed by atoms with E-state index in [1.807, 2.05) is 11.8 Å². The summed E-state index contributed by atoms with van der Waals surface area (Å²) in [5, 5.41) is 5.34. The monoisotopic (exact) mass is 242 g/mol. The molecule has 2 aliphatic rings. The van der Waals surface area contributed by atoms with Crippen molar-refractivity contribution < 1.29 is 4.74 Å². The molecule has 4 heteroatoms. The molecular weight excluding hydrogens is 220 g/mol. The van der Waals surface area contributed by atoms with Crippen molar-refractivity contribution in [2.45, 2.75) is 44.5 Å². The zero-order valence-corrected chi connectivity index (χ0v) is 11.1. The van der Waals surface area contributed by atoms with Crippen LogP contribution in [0.5, 0.6) is 0 Å². The molecule has 0 spiro atoms. The molecule has 3 atom stereocenters. The molecule has 1 fully saturated rings. The minimum Gasteiger partial charge on any atom is -0.378 e. The van der Waals surface area contributed by atoms with Crippen molar-refractivity contribution in [3.63, 3.8) is 0 Å². The molecule has 0 aromatic carbocycles. The molecule has 0 amide bonds. The fourth-order valence-corrected chi connectivity index (χ4v) is 3.38. The molecule has 3 nitrogen and oxygen atoms in total. The van der Waals surface area contributed by atoms with Gasteiger partial charge >= 0.3 is 0 Å². The highest BCUT2D eigenvalue weighted by molar-refractivity contribution is 8.14. The van der Waals surface area contributed by atoms with E-state index in [0.29, 0.717) is 17.3 Å². The third-order valence-electron chi connectivity index (χ3n) is 3.38. The van der Waals surface area contributed by atoms with Gasteiger partial charge in [0, 0.05) is 24.3 Å². The normalized spacial score (nSPS) is 34.1. The number of nitrogens with zero attached hydrogens (tertiary/aromatic N) is 1. The lowest BCUT2D eigenvalue weighted by atomic mass is 10.0. The average molecular weight is 242 g/mol. The van der Waals surface area contributed by atoms with Crippen molar-refractivity contribution >= 4 is 16.9 Å². The summed E-state index contributed by atoms with van der Waals surface area (Å²) >= 11 is 1.92. The molecule has 0 aliphatic carbocycles. The first kappa shape index (κ1) is 12.2. The van der Waals surface area contributed by atoms with Crippen molar-refractivity contribution in [2.24, 2.45) is 10.9 Å². The van der Waals surface area contributed by atoms with Crippen molar-refractivity contribution in [3.05, 3.63) is 0 Å². The maximum absolute atomic E-state index is 5.55. The Morgan fingerprint density at radius 3 is 3.12 bits per heavy atom. The first-order valence-electron chi connectivity index (χ1n) is 6.36. The number of hydrogen-bond donors (Lipinski definition) is 1. The summed E-state index contributed by atoms with van der Waals surface area (Å²) in [4.78, 5) is 4.55. The molecule has 1 N–H and O–H groups in total. The predicted molar refractivity (Wildman–Crippen MR) is 70.1 cm³/mol. The first-order chi connectivity index (χ1) is 7.79. The van der Waals surface area contributed by atoms with Gasteiger partial charge in [-0.2, -0.15) is 0 Å². The molecular formula is C12H22N2OS. The zero-order valence-electron chi connectivity index (χ0n) is 10.2. The Morgan fingerprint density at radius 1 is 1.56 bits per heavy atom. The summed E-state index contributed by atoms with van der Waals surface area (Å²) < 4.78 is 5.55. The number of hydrogen-bond acceptors (Lipinski definition) is 4. The van der Waals surface area contributed by atoms with Gasteiger partial charge in [-0.25, -0.2) is 0 Å². The van der Waals surface area contributed by atoms with E-state index in [-0.39, 0.29) is 0 Å². The van der Waals surface area contributed by atoms with E-state index in [1.165, 1.54) is 19.3 Å². The summed E-state index contributed by atoms with van der Waals surface area (Å²) in [5.41, 5.74) is 0. The number of nitrogens with one attached hydrogen (secondary N) is 1. The van der Waals surface area contributed by atoms with E-state index in [9.17, 15) is 0 Å². The molecule has 0 saturated carbocycles. The molecule has 0 radical (unpaired) electrons. The van der Waals surface area contributed by atoms with Crippen LogP contribution >= 0.6 is 11.8 Å². The van der Waals surface area contributed by atoms with Gasteiger partial charge in [0.25, 0.3) is 0 Å². The second-order valence-corrected chi connectivity index (χ2v) is 5.97. The van der Waals surface area contributed by atoms with Gasteiger partial charge < -0.3 is 10.1 Å². The molecule has 2 aliphatic heterocycles. The van der Waals surface area contributed by atoms with Crippen LogP contribution in [0.4, 0.5) is 0 Å². The van der Waals surface area contributed by atoms with E-state index in [2.05, 4.69) is 24.2 Å². The van der Waals surface area contributed by atoms with Crippen molar-refractivity contribution in [3.8, 4) is 0 Å². The first-order valence-corrected chi connectivity index (χ1v) is 7.24. The van der Waals surface area contributed by atoms with Gasteiger partial charge in [-0.15, -0.1) is 0 Å². The number of amidine groups is 1. The van der Waals surface area contributed by atoms with Crippen LogP contribution in [0.1, 0.15) is 33.1 Å². The molecule has 3 unspecified atom stereocenters. The molecule has 2 heterocycles. The van der Waals surface area contributed by atoms with Crippen LogP contribution in [0.15, 0.2) is 4.99 Å². The maximum atomic E-state index is 5.55. The summed E-state index contributed by atoms with van der Waals surface area (Å²) in [6.07, 6.45) is 4.13. The minimum absolute atomic E-state index is 0.408. The van der Waals surface area contributed by atoms with Gasteiger partial charge in [-0.3, -0.25) is 4.99 Å². The second kappa shape index (κ2) is 5.92. The average Bonchev–Trinajstić information content (AvgIpc) is 2.86. The van der Waals surface area contributed by atoms with Crippen LogP contribution in [-0.4, -0.2) is 36.2 Å². The SMILES string of the molecule is CCCC1CN=C(NCC2CCOC2C)S1. The van der Waals surface area contributed by atoms with Crippen LogP contribution in [0, 0.1) is 5.92 Å². The molecule has 0 aromatic rings. The second-order valence-electron chi connectivity index (χ2n) is 4.68. The van der Waals surface area contributed by atoms with Gasteiger partial charge in [0.1, 0.15) is 0 Å². The van der Waals surface area contributed by atoms with E-state index in [4.69, 9.17) is 4.74 Å². The third-order valence-corrected chi connectivity index (χ3v) is 4.59. The van der Waals surface area contributed by atoms with Gasteiger partial charge in [0.2, 0.25) is 0 Å². The van der Waals surface area contributed by atoms with Gasteiger partial charge in [-0.05, 0) is 19.8 Å². The van der Waals surface area contributed by atoms with Gasteiger partial charge in [0.15, 0.2) is 5.17 Å². The fourth-order valence-electron chi connectivity index (χ4n) is 2.25. The molecule has 92 valence electrons. The fraction of sp³-hybridized carbons (Fsp3) is 0.917. The summed E-state index contributed by atoms with van der Waals surface area (Å²) in [6, 6.07) is 0. The van der Waals surface area contributed by atoms with Crippen LogP contribution in [0.3, 0.4) is 0 Å². The highest BCUT2D eigenvalue weighted by atomic mass is 32.2. The largest absolute Gasteiger partial charge is 0.378 e. The van der Waals surface area contributed by atoms with Crippen molar-refractivity contribution in [1.29, 1.82) is 0 Å². The highest BCUT2D eigenvalue weighted by Crippen LogP contribution is 2.24. The summed E-state index contributed by atoms with van der Waals surface area (Å²) in [5.74, 6) is 0.661. The van der Waals surface area contributed by atoms with E-state index in [0.717, 1.165) is 24.9 Å². The quantitative estimate of drug-likeness (QED) is 0.821. The number of aliphatic imine (C=N–C) groups is 1. The van der Waals surface area contributed by atoms with Gasteiger partial charge in [-0.1, -0.05) is 25.1 Å². The number of thioether (sulfide) groups is 1. The van der Waals surface area contributed by atoms with Crippen molar-refractivity contribution in [1.82, 2.24) is 5.32 Å². The summed E-state index contributed by atoms with van der Waals surface area (Å²) in [6.45, 7) is 7.35. The zero-order chi connectivity index (χ0) is 11.4. The Kier molecular flexibility index (Phi) is 4.53. The molecule has 0 aromatic heterocycles. The highest BCUT2D eigenvalue weighted by Gasteiger charge is 2.25. The Morgan fingerprint density at radius 2 is 2.44 bits per heavy atom. The minimum atomic E-state index is 0.408. The Hall–Kier alpha value is -0.220. The van der Waals surface area contributed by atoms with Crippen LogP contribution in [-0.2, 0) is 4.74 Å². The van der Waals surface area contributed by atoms with Gasteiger partial charge in [0.05, 0.1) is 12.6 Å². The molecule has 16 heavy (non-hydrogen) atoms. The number of rotatable bonds is 4. The standard InChI is InChI=1S/C12H22N2OS/c1-3-4-11-8-14-12(16-11)13-7-10-5-6-15-9(10)2/h9-11H,3-8H2,1-2H3,(H,13,14). The smallest absolute Gasteiger partial charge is 0.156 e. The van der Waals surface area contributed by atoms with Crippen molar-refractivity contribution in [2.75, 3.05) is 19.7 Å². The van der Waals surface area contributed by atoms with Crippen LogP contribution in [0.25, 0.3) is 0 Å². The molecule has 0 bridgehead atoms. The molecule has 2 rings (SSSR count). The van der Waals surface area contributed by atoms with E-state index in [1.54, 1.807) is 0 Å².